The smallest absolute Gasteiger partial charge is 0.287 e. The van der Waals surface area contributed by atoms with Crippen molar-refractivity contribution in [3.05, 3.63) is 47.0 Å². The minimum atomic E-state index is -0.140. The van der Waals surface area contributed by atoms with Crippen LogP contribution in [0, 0.1) is 0 Å². The van der Waals surface area contributed by atoms with Crippen molar-refractivity contribution in [3.63, 3.8) is 0 Å². The van der Waals surface area contributed by atoms with Crippen LogP contribution in [0.1, 0.15) is 64.5 Å². The number of aryl methyl sites for hydroxylation is 1. The fourth-order valence-electron chi connectivity index (χ4n) is 4.24. The number of anilines is 1. The summed E-state index contributed by atoms with van der Waals surface area (Å²) in [5, 5.41) is 3.02. The Morgan fingerprint density at radius 2 is 1.89 bits per heavy atom. The van der Waals surface area contributed by atoms with Crippen LogP contribution in [0.3, 0.4) is 0 Å². The van der Waals surface area contributed by atoms with E-state index in [1.807, 2.05) is 27.7 Å². The second-order valence-electron chi connectivity index (χ2n) is 7.78. The van der Waals surface area contributed by atoms with Gasteiger partial charge in [-0.25, -0.2) is 4.98 Å². The zero-order chi connectivity index (χ0) is 18.4. The van der Waals surface area contributed by atoms with E-state index in [-0.39, 0.29) is 17.9 Å². The van der Waals surface area contributed by atoms with Crippen molar-refractivity contribution in [1.29, 1.82) is 0 Å². The summed E-state index contributed by atoms with van der Waals surface area (Å²) in [4.78, 5) is 32.5. The number of hydrogen-bond acceptors (Lipinski definition) is 3. The molecule has 2 aliphatic heterocycles. The third-order valence-corrected chi connectivity index (χ3v) is 5.79. The topological polar surface area (TPSA) is 67.2 Å². The molecule has 2 amide bonds. The van der Waals surface area contributed by atoms with Crippen LogP contribution in [0.25, 0.3) is 0 Å². The summed E-state index contributed by atoms with van der Waals surface area (Å²) in [5.41, 5.74) is 3.58. The number of rotatable bonds is 3. The number of benzene rings is 1. The number of para-hydroxylation sites is 1. The first-order valence-corrected chi connectivity index (χ1v) is 10.0. The number of hydrogen-bond donors (Lipinski definition) is 1. The summed E-state index contributed by atoms with van der Waals surface area (Å²) in [5.74, 6) is 0.197. The van der Waals surface area contributed by atoms with E-state index < -0.39 is 0 Å². The van der Waals surface area contributed by atoms with Crippen LogP contribution in [-0.4, -0.2) is 34.0 Å². The molecule has 0 saturated heterocycles. The molecule has 5 rings (SSSR count). The molecule has 1 aromatic carbocycles. The molecule has 6 nitrogen and oxygen atoms in total. The van der Waals surface area contributed by atoms with Crippen LogP contribution >= 0.6 is 0 Å². The highest BCUT2D eigenvalue weighted by Crippen LogP contribution is 2.30. The number of carbonyl (C=O) groups is 2. The molecule has 1 N–H and O–H groups in total. The first-order chi connectivity index (χ1) is 13.2. The monoisotopic (exact) mass is 364 g/mol. The average molecular weight is 364 g/mol. The standard InChI is InChI=1S/C21H24N4O2/c26-20(22-15-10-11-15)19-23-18(17-9-3-4-12-24(17)19)21(27)25-13-5-7-14-6-1-2-8-16(14)25/h1-2,6,8,15H,3-5,7,9-13H2,(H,22,26). The van der Waals surface area contributed by atoms with Gasteiger partial charge < -0.3 is 14.8 Å². The molecule has 6 heteroatoms. The number of nitrogens with one attached hydrogen (secondary N) is 1. The first-order valence-electron chi connectivity index (χ1n) is 10.0. The Kier molecular flexibility index (Phi) is 3.99. The fourth-order valence-corrected chi connectivity index (χ4v) is 4.24. The molecule has 0 radical (unpaired) electrons. The third-order valence-electron chi connectivity index (χ3n) is 5.79. The van der Waals surface area contributed by atoms with Crippen molar-refractivity contribution in [1.82, 2.24) is 14.9 Å². The zero-order valence-corrected chi connectivity index (χ0v) is 15.4. The molecular weight excluding hydrogens is 340 g/mol. The molecule has 3 aliphatic rings. The Hall–Kier alpha value is -2.63. The molecule has 0 atom stereocenters. The van der Waals surface area contributed by atoms with E-state index in [2.05, 4.69) is 16.4 Å². The number of fused-ring (bicyclic) bond motifs is 2. The summed E-state index contributed by atoms with van der Waals surface area (Å²) < 4.78 is 1.98. The van der Waals surface area contributed by atoms with Crippen LogP contribution in [0.4, 0.5) is 5.69 Å². The maximum absolute atomic E-state index is 13.4. The van der Waals surface area contributed by atoms with Gasteiger partial charge in [0.1, 0.15) is 0 Å². The third kappa shape index (κ3) is 2.93. The molecule has 1 fully saturated rings. The van der Waals surface area contributed by atoms with E-state index in [9.17, 15) is 9.59 Å². The highest BCUT2D eigenvalue weighted by atomic mass is 16.2. The molecule has 27 heavy (non-hydrogen) atoms. The van der Waals surface area contributed by atoms with Gasteiger partial charge in [-0.2, -0.15) is 0 Å². The number of nitrogens with zero attached hydrogens (tertiary/aromatic N) is 3. The number of amides is 2. The van der Waals surface area contributed by atoms with E-state index in [1.165, 1.54) is 5.56 Å². The average Bonchev–Trinajstić information content (AvgIpc) is 3.43. The van der Waals surface area contributed by atoms with Gasteiger partial charge in [0, 0.05) is 24.8 Å². The lowest BCUT2D eigenvalue weighted by molar-refractivity contribution is 0.0935. The predicted octanol–water partition coefficient (Wildman–Crippen LogP) is 2.70. The first kappa shape index (κ1) is 16.5. The van der Waals surface area contributed by atoms with Gasteiger partial charge in [0.25, 0.3) is 11.8 Å². The maximum atomic E-state index is 13.4. The van der Waals surface area contributed by atoms with Crippen LogP contribution in [0.5, 0.6) is 0 Å². The van der Waals surface area contributed by atoms with Crippen molar-refractivity contribution in [2.45, 2.75) is 57.5 Å². The van der Waals surface area contributed by atoms with Gasteiger partial charge in [0.15, 0.2) is 11.5 Å². The van der Waals surface area contributed by atoms with Gasteiger partial charge in [0.05, 0.1) is 5.69 Å². The SMILES string of the molecule is O=C(NC1CC1)c1nc(C(=O)N2CCCc3ccccc32)c2n1CCCC2. The van der Waals surface area contributed by atoms with Crippen molar-refractivity contribution < 1.29 is 9.59 Å². The van der Waals surface area contributed by atoms with Gasteiger partial charge in [0.2, 0.25) is 0 Å². The largest absolute Gasteiger partial charge is 0.347 e. The van der Waals surface area contributed by atoms with Crippen molar-refractivity contribution >= 4 is 17.5 Å². The Morgan fingerprint density at radius 1 is 1.04 bits per heavy atom. The van der Waals surface area contributed by atoms with E-state index >= 15 is 0 Å². The lowest BCUT2D eigenvalue weighted by Gasteiger charge is -2.29. The molecule has 1 aromatic heterocycles. The van der Waals surface area contributed by atoms with Crippen molar-refractivity contribution in [2.75, 3.05) is 11.4 Å². The molecular formula is C21H24N4O2. The Bertz CT molecular complexity index is 913. The molecule has 1 aliphatic carbocycles. The van der Waals surface area contributed by atoms with Crippen LogP contribution in [0.2, 0.25) is 0 Å². The van der Waals surface area contributed by atoms with Gasteiger partial charge in [-0.05, 0) is 56.6 Å². The molecule has 0 bridgehead atoms. The highest BCUT2D eigenvalue weighted by Gasteiger charge is 2.33. The van der Waals surface area contributed by atoms with E-state index in [0.29, 0.717) is 18.1 Å². The number of aromatic nitrogens is 2. The minimum absolute atomic E-state index is 0.0710. The van der Waals surface area contributed by atoms with Gasteiger partial charge in [-0.3, -0.25) is 9.59 Å². The minimum Gasteiger partial charge on any atom is -0.347 e. The fraction of sp³-hybridized carbons (Fsp3) is 0.476. The summed E-state index contributed by atoms with van der Waals surface area (Å²) in [6.07, 6.45) is 6.88. The lowest BCUT2D eigenvalue weighted by Crippen LogP contribution is -2.36. The van der Waals surface area contributed by atoms with Gasteiger partial charge in [-0.15, -0.1) is 0 Å². The summed E-state index contributed by atoms with van der Waals surface area (Å²) >= 11 is 0. The Labute approximate surface area is 158 Å². The normalized spacial score (nSPS) is 18.6. The molecule has 140 valence electrons. The van der Waals surface area contributed by atoms with Crippen LogP contribution in [-0.2, 0) is 19.4 Å². The number of imidazole rings is 1. The zero-order valence-electron chi connectivity index (χ0n) is 15.4. The predicted molar refractivity (Wildman–Crippen MR) is 102 cm³/mol. The summed E-state index contributed by atoms with van der Waals surface area (Å²) in [6, 6.07) is 8.37. The van der Waals surface area contributed by atoms with Crippen molar-refractivity contribution in [2.24, 2.45) is 0 Å². The second kappa shape index (κ2) is 6.51. The van der Waals surface area contributed by atoms with E-state index in [0.717, 1.165) is 62.9 Å². The molecule has 3 heterocycles. The van der Waals surface area contributed by atoms with Crippen molar-refractivity contribution in [3.8, 4) is 0 Å². The van der Waals surface area contributed by atoms with E-state index in [1.54, 1.807) is 0 Å². The maximum Gasteiger partial charge on any atom is 0.287 e. The van der Waals surface area contributed by atoms with Gasteiger partial charge in [-0.1, -0.05) is 18.2 Å². The van der Waals surface area contributed by atoms with E-state index in [4.69, 9.17) is 0 Å². The second-order valence-corrected chi connectivity index (χ2v) is 7.78. The van der Waals surface area contributed by atoms with Crippen LogP contribution < -0.4 is 10.2 Å². The molecule has 0 unspecified atom stereocenters. The summed E-state index contributed by atoms with van der Waals surface area (Å²) in [7, 11) is 0. The highest BCUT2D eigenvalue weighted by molar-refractivity contribution is 6.07. The van der Waals surface area contributed by atoms with Crippen LogP contribution in [0.15, 0.2) is 24.3 Å². The lowest BCUT2D eigenvalue weighted by atomic mass is 10.0. The number of carbonyl (C=O) groups excluding carboxylic acids is 2. The molecule has 0 spiro atoms. The summed E-state index contributed by atoms with van der Waals surface area (Å²) in [6.45, 7) is 1.46. The Balaban J connectivity index is 1.52. The molecule has 1 saturated carbocycles. The Morgan fingerprint density at radius 3 is 2.74 bits per heavy atom. The molecule has 2 aromatic rings. The van der Waals surface area contributed by atoms with Gasteiger partial charge >= 0.3 is 0 Å². The quantitative estimate of drug-likeness (QED) is 0.911.